The third-order valence-corrected chi connectivity index (χ3v) is 2.60. The van der Waals surface area contributed by atoms with E-state index in [9.17, 15) is 9.59 Å². The zero-order chi connectivity index (χ0) is 13.8. The molecular weight excluding hydrogens is 250 g/mol. The fourth-order valence-electron chi connectivity index (χ4n) is 1.77. The molecular formula is C12H13N3O4. The van der Waals surface area contributed by atoms with Crippen LogP contribution in [0, 0.1) is 0 Å². The number of amides is 1. The zero-order valence-corrected chi connectivity index (χ0v) is 10.1. The molecule has 2 rings (SSSR count). The SMILES string of the molecule is NC(=O)COCCn1cnc2c(C(=O)O)cccc21. The molecule has 0 unspecified atom stereocenters. The monoisotopic (exact) mass is 263 g/mol. The summed E-state index contributed by atoms with van der Waals surface area (Å²) in [6, 6.07) is 4.95. The third-order valence-electron chi connectivity index (χ3n) is 2.60. The number of rotatable bonds is 6. The summed E-state index contributed by atoms with van der Waals surface area (Å²) in [7, 11) is 0. The maximum atomic E-state index is 11.0. The second-order valence-electron chi connectivity index (χ2n) is 3.94. The Hall–Kier alpha value is -2.41. The van der Waals surface area contributed by atoms with E-state index in [1.807, 2.05) is 0 Å². The number of aromatic carboxylic acids is 1. The minimum atomic E-state index is -1.01. The molecule has 2 aromatic rings. The van der Waals surface area contributed by atoms with E-state index in [4.69, 9.17) is 15.6 Å². The number of aromatic nitrogens is 2. The Balaban J connectivity index is 2.14. The van der Waals surface area contributed by atoms with Crippen LogP contribution in [-0.4, -0.2) is 39.7 Å². The van der Waals surface area contributed by atoms with Gasteiger partial charge in [-0.05, 0) is 12.1 Å². The normalized spacial score (nSPS) is 10.7. The van der Waals surface area contributed by atoms with Crippen molar-refractivity contribution in [3.8, 4) is 0 Å². The Morgan fingerprint density at radius 1 is 1.42 bits per heavy atom. The molecule has 1 heterocycles. The first-order valence-corrected chi connectivity index (χ1v) is 5.63. The van der Waals surface area contributed by atoms with Gasteiger partial charge in [0, 0.05) is 6.54 Å². The van der Waals surface area contributed by atoms with Crippen LogP contribution in [0.25, 0.3) is 11.0 Å². The van der Waals surface area contributed by atoms with E-state index < -0.39 is 11.9 Å². The number of hydrogen-bond acceptors (Lipinski definition) is 4. The molecule has 1 aromatic heterocycles. The number of hydrogen-bond donors (Lipinski definition) is 2. The van der Waals surface area contributed by atoms with Gasteiger partial charge in [0.15, 0.2) is 0 Å². The van der Waals surface area contributed by atoms with Crippen LogP contribution >= 0.6 is 0 Å². The number of carboxylic acids is 1. The van der Waals surface area contributed by atoms with Gasteiger partial charge < -0.3 is 20.1 Å². The lowest BCUT2D eigenvalue weighted by Crippen LogP contribution is -2.19. The fraction of sp³-hybridized carbons (Fsp3) is 0.250. The number of nitrogens with zero attached hydrogens (tertiary/aromatic N) is 2. The number of ether oxygens (including phenoxy) is 1. The van der Waals surface area contributed by atoms with Gasteiger partial charge in [-0.1, -0.05) is 6.07 Å². The van der Waals surface area contributed by atoms with E-state index in [0.29, 0.717) is 24.2 Å². The van der Waals surface area contributed by atoms with Crippen LogP contribution in [0.4, 0.5) is 0 Å². The standard InChI is InChI=1S/C12H13N3O4/c13-10(16)6-19-5-4-15-7-14-11-8(12(17)18)2-1-3-9(11)15/h1-3,7H,4-6H2,(H2,13,16)(H,17,18). The number of fused-ring (bicyclic) bond motifs is 1. The van der Waals surface area contributed by atoms with Gasteiger partial charge in [0.2, 0.25) is 5.91 Å². The van der Waals surface area contributed by atoms with Gasteiger partial charge in [0.25, 0.3) is 0 Å². The van der Waals surface area contributed by atoms with Gasteiger partial charge >= 0.3 is 5.97 Å². The maximum Gasteiger partial charge on any atom is 0.337 e. The van der Waals surface area contributed by atoms with Crippen molar-refractivity contribution >= 4 is 22.9 Å². The van der Waals surface area contributed by atoms with E-state index in [1.165, 1.54) is 6.07 Å². The van der Waals surface area contributed by atoms with E-state index in [1.54, 1.807) is 23.0 Å². The van der Waals surface area contributed by atoms with Gasteiger partial charge in [0.1, 0.15) is 12.1 Å². The van der Waals surface area contributed by atoms with Crippen LogP contribution in [0.2, 0.25) is 0 Å². The fourth-order valence-corrected chi connectivity index (χ4v) is 1.77. The van der Waals surface area contributed by atoms with E-state index >= 15 is 0 Å². The van der Waals surface area contributed by atoms with E-state index in [2.05, 4.69) is 4.98 Å². The number of benzene rings is 1. The van der Waals surface area contributed by atoms with Crippen molar-refractivity contribution in [2.75, 3.05) is 13.2 Å². The molecule has 0 radical (unpaired) electrons. The van der Waals surface area contributed by atoms with Crippen LogP contribution in [0.3, 0.4) is 0 Å². The summed E-state index contributed by atoms with van der Waals surface area (Å²) in [4.78, 5) is 25.6. The van der Waals surface area contributed by atoms with Crippen molar-refractivity contribution in [1.29, 1.82) is 0 Å². The van der Waals surface area contributed by atoms with Crippen molar-refractivity contribution in [2.45, 2.75) is 6.54 Å². The highest BCUT2D eigenvalue weighted by Gasteiger charge is 2.12. The van der Waals surface area contributed by atoms with Crippen LogP contribution in [-0.2, 0) is 16.1 Å². The largest absolute Gasteiger partial charge is 0.478 e. The molecule has 0 fully saturated rings. The molecule has 0 aliphatic heterocycles. The molecule has 1 aromatic carbocycles. The van der Waals surface area contributed by atoms with Gasteiger partial charge in [0.05, 0.1) is 24.0 Å². The maximum absolute atomic E-state index is 11.0. The molecule has 0 saturated carbocycles. The molecule has 7 heteroatoms. The average molecular weight is 263 g/mol. The van der Waals surface area contributed by atoms with Crippen molar-refractivity contribution in [3.05, 3.63) is 30.1 Å². The molecule has 0 aliphatic rings. The number of nitrogens with two attached hydrogens (primary N) is 1. The first-order chi connectivity index (χ1) is 9.09. The van der Waals surface area contributed by atoms with Crippen LogP contribution < -0.4 is 5.73 Å². The van der Waals surface area contributed by atoms with Crippen molar-refractivity contribution < 1.29 is 19.4 Å². The minimum Gasteiger partial charge on any atom is -0.478 e. The predicted molar refractivity (Wildman–Crippen MR) is 66.7 cm³/mol. The van der Waals surface area contributed by atoms with E-state index in [0.717, 1.165) is 0 Å². The Kier molecular flexibility index (Phi) is 3.76. The third kappa shape index (κ3) is 2.89. The minimum absolute atomic E-state index is 0.132. The second-order valence-corrected chi connectivity index (χ2v) is 3.94. The number of carbonyl (C=O) groups is 2. The second kappa shape index (κ2) is 5.49. The number of carboxylic acid groups (broad SMARTS) is 1. The molecule has 0 bridgehead atoms. The molecule has 3 N–H and O–H groups in total. The zero-order valence-electron chi connectivity index (χ0n) is 10.1. The number of carbonyl (C=O) groups excluding carboxylic acids is 1. The lowest BCUT2D eigenvalue weighted by molar-refractivity contribution is -0.122. The lowest BCUT2D eigenvalue weighted by atomic mass is 10.2. The molecule has 0 atom stereocenters. The molecule has 0 spiro atoms. The Morgan fingerprint density at radius 3 is 2.89 bits per heavy atom. The quantitative estimate of drug-likeness (QED) is 0.726. The molecule has 19 heavy (non-hydrogen) atoms. The van der Waals surface area contributed by atoms with Crippen LogP contribution in [0.5, 0.6) is 0 Å². The Labute approximate surface area is 108 Å². The Bertz CT molecular complexity index is 620. The highest BCUT2D eigenvalue weighted by atomic mass is 16.5. The Morgan fingerprint density at radius 2 is 2.21 bits per heavy atom. The van der Waals surface area contributed by atoms with Crippen LogP contribution in [0.15, 0.2) is 24.5 Å². The van der Waals surface area contributed by atoms with Gasteiger partial charge in [-0.3, -0.25) is 4.79 Å². The lowest BCUT2D eigenvalue weighted by Gasteiger charge is -2.05. The predicted octanol–water partition coefficient (Wildman–Crippen LogP) is 0.236. The highest BCUT2D eigenvalue weighted by molar-refractivity contribution is 6.00. The van der Waals surface area contributed by atoms with Crippen molar-refractivity contribution in [2.24, 2.45) is 5.73 Å². The van der Waals surface area contributed by atoms with Gasteiger partial charge in [-0.15, -0.1) is 0 Å². The van der Waals surface area contributed by atoms with Gasteiger partial charge in [-0.2, -0.15) is 0 Å². The summed E-state index contributed by atoms with van der Waals surface area (Å²) >= 11 is 0. The first kappa shape index (κ1) is 13.0. The molecule has 0 aliphatic carbocycles. The van der Waals surface area contributed by atoms with Crippen LogP contribution in [0.1, 0.15) is 10.4 Å². The average Bonchev–Trinajstić information content (AvgIpc) is 2.77. The molecule has 1 amide bonds. The summed E-state index contributed by atoms with van der Waals surface area (Å²) in [6.45, 7) is 0.631. The molecule has 0 saturated heterocycles. The summed E-state index contributed by atoms with van der Waals surface area (Å²) in [6.07, 6.45) is 1.55. The number of primary amides is 1. The van der Waals surface area contributed by atoms with Crippen molar-refractivity contribution in [1.82, 2.24) is 9.55 Å². The summed E-state index contributed by atoms with van der Waals surface area (Å²) in [5, 5.41) is 9.04. The molecule has 7 nitrogen and oxygen atoms in total. The summed E-state index contributed by atoms with van der Waals surface area (Å²) < 4.78 is 6.82. The topological polar surface area (TPSA) is 107 Å². The number of imidazole rings is 1. The summed E-state index contributed by atoms with van der Waals surface area (Å²) in [5.74, 6) is -1.54. The van der Waals surface area contributed by atoms with E-state index in [-0.39, 0.29) is 12.2 Å². The summed E-state index contributed by atoms with van der Waals surface area (Å²) in [5.41, 5.74) is 6.25. The highest BCUT2D eigenvalue weighted by Crippen LogP contribution is 2.17. The molecule has 100 valence electrons. The van der Waals surface area contributed by atoms with Crippen molar-refractivity contribution in [3.63, 3.8) is 0 Å². The van der Waals surface area contributed by atoms with Gasteiger partial charge in [-0.25, -0.2) is 9.78 Å². The first-order valence-electron chi connectivity index (χ1n) is 5.63. The smallest absolute Gasteiger partial charge is 0.337 e. The number of para-hydroxylation sites is 1.